The van der Waals surface area contributed by atoms with Crippen molar-refractivity contribution < 1.29 is 14.3 Å². The molecule has 1 aliphatic heterocycles. The molecule has 12 heavy (non-hydrogen) atoms. The van der Waals surface area contributed by atoms with Gasteiger partial charge in [0.1, 0.15) is 5.76 Å². The van der Waals surface area contributed by atoms with Gasteiger partial charge in [-0.05, 0) is 5.92 Å². The molecule has 1 aliphatic carbocycles. The molecule has 1 atom stereocenters. The van der Waals surface area contributed by atoms with E-state index >= 15 is 0 Å². The van der Waals surface area contributed by atoms with E-state index in [0.29, 0.717) is 25.7 Å². The largest absolute Gasteiger partial charge is 0.471 e. The highest BCUT2D eigenvalue weighted by atomic mass is 16.7. The van der Waals surface area contributed by atoms with Gasteiger partial charge in [-0.2, -0.15) is 0 Å². The van der Waals surface area contributed by atoms with Crippen LogP contribution in [-0.4, -0.2) is 19.2 Å². The summed E-state index contributed by atoms with van der Waals surface area (Å²) in [6.07, 6.45) is 1.54. The van der Waals surface area contributed by atoms with Crippen LogP contribution >= 0.6 is 0 Å². The molecule has 0 bridgehead atoms. The van der Waals surface area contributed by atoms with Gasteiger partial charge < -0.3 is 9.47 Å². The quantitative estimate of drug-likeness (QED) is 0.546. The van der Waals surface area contributed by atoms with E-state index in [1.807, 2.05) is 0 Å². The van der Waals surface area contributed by atoms with E-state index in [9.17, 15) is 4.79 Å². The molecule has 1 unspecified atom stereocenters. The van der Waals surface area contributed by atoms with Crippen molar-refractivity contribution in [3.63, 3.8) is 0 Å². The maximum absolute atomic E-state index is 11.4. The van der Waals surface area contributed by atoms with Crippen LogP contribution < -0.4 is 0 Å². The lowest BCUT2D eigenvalue weighted by molar-refractivity contribution is -0.121. The Kier molecular flexibility index (Phi) is 1.89. The second kappa shape index (κ2) is 2.90. The Labute approximate surface area is 71.3 Å². The van der Waals surface area contributed by atoms with Gasteiger partial charge in [-0.15, -0.1) is 0 Å². The molecule has 0 amide bonds. The fraction of sp³-hybridized carbons (Fsp3) is 0.667. The summed E-state index contributed by atoms with van der Waals surface area (Å²) in [5.74, 6) is 1.49. The first-order valence-electron chi connectivity index (χ1n) is 4.23. The third-order valence-corrected chi connectivity index (χ3v) is 2.30. The summed E-state index contributed by atoms with van der Waals surface area (Å²) >= 11 is 0. The average Bonchev–Trinajstić information content (AvgIpc) is 2.04. The van der Waals surface area contributed by atoms with Crippen molar-refractivity contribution in [2.75, 3.05) is 13.4 Å². The molecule has 0 radical (unpaired) electrons. The second-order valence-electron chi connectivity index (χ2n) is 3.45. The Bertz CT molecular complexity index is 242. The van der Waals surface area contributed by atoms with Crippen LogP contribution in [0.5, 0.6) is 0 Å². The van der Waals surface area contributed by atoms with Gasteiger partial charge in [-0.3, -0.25) is 4.79 Å². The minimum atomic E-state index is 0.198. The molecule has 2 aliphatic rings. The Morgan fingerprint density at radius 1 is 1.42 bits per heavy atom. The second-order valence-corrected chi connectivity index (χ2v) is 3.45. The number of Topliss-reactive ketones (excluding diaryl/α,β-unsaturated/α-hetero) is 1. The van der Waals surface area contributed by atoms with E-state index < -0.39 is 0 Å². The van der Waals surface area contributed by atoms with E-state index in [0.717, 1.165) is 17.8 Å². The zero-order valence-electron chi connectivity index (χ0n) is 7.13. The van der Waals surface area contributed by atoms with Gasteiger partial charge in [-0.1, -0.05) is 6.92 Å². The molecular formula is C9H12O3. The number of carbonyl (C=O) groups excluding carboxylic acids is 1. The predicted molar refractivity (Wildman–Crippen MR) is 42.3 cm³/mol. The first-order valence-corrected chi connectivity index (χ1v) is 4.23. The lowest BCUT2D eigenvalue weighted by atomic mass is 9.88. The summed E-state index contributed by atoms with van der Waals surface area (Å²) < 4.78 is 10.3. The highest BCUT2D eigenvalue weighted by molar-refractivity contribution is 5.97. The van der Waals surface area contributed by atoms with Gasteiger partial charge in [-0.25, -0.2) is 0 Å². The van der Waals surface area contributed by atoms with Gasteiger partial charge in [0.15, 0.2) is 12.6 Å². The van der Waals surface area contributed by atoms with Crippen LogP contribution in [0.3, 0.4) is 0 Å². The zero-order valence-corrected chi connectivity index (χ0v) is 7.13. The summed E-state index contributed by atoms with van der Waals surface area (Å²) in [5.41, 5.74) is 0.763. The zero-order chi connectivity index (χ0) is 8.55. The molecule has 1 heterocycles. The number of hydrogen-bond acceptors (Lipinski definition) is 3. The van der Waals surface area contributed by atoms with E-state index in [1.165, 1.54) is 0 Å². The molecule has 3 nitrogen and oxygen atoms in total. The van der Waals surface area contributed by atoms with E-state index in [1.54, 1.807) is 0 Å². The Hall–Kier alpha value is -0.830. The highest BCUT2D eigenvalue weighted by Gasteiger charge is 2.28. The molecule has 0 spiro atoms. The van der Waals surface area contributed by atoms with Crippen molar-refractivity contribution in [2.24, 2.45) is 5.92 Å². The van der Waals surface area contributed by atoms with Gasteiger partial charge in [0.2, 0.25) is 0 Å². The monoisotopic (exact) mass is 168 g/mol. The lowest BCUT2D eigenvalue weighted by Gasteiger charge is -2.27. The average molecular weight is 168 g/mol. The molecule has 0 aromatic heterocycles. The van der Waals surface area contributed by atoms with Crippen molar-refractivity contribution in [3.05, 3.63) is 11.3 Å². The van der Waals surface area contributed by atoms with Gasteiger partial charge in [0.25, 0.3) is 0 Å². The number of ether oxygens (including phenoxy) is 2. The third-order valence-electron chi connectivity index (χ3n) is 2.30. The molecule has 2 rings (SSSR count). The summed E-state index contributed by atoms with van der Waals surface area (Å²) in [4.78, 5) is 11.4. The maximum Gasteiger partial charge on any atom is 0.188 e. The fourth-order valence-corrected chi connectivity index (χ4v) is 1.67. The van der Waals surface area contributed by atoms with Gasteiger partial charge in [0, 0.05) is 12.8 Å². The SMILES string of the molecule is CC1CC(=O)C2=C(C1)OCOC2. The highest BCUT2D eigenvalue weighted by Crippen LogP contribution is 2.29. The van der Waals surface area contributed by atoms with Crippen molar-refractivity contribution in [3.8, 4) is 0 Å². The van der Waals surface area contributed by atoms with Crippen molar-refractivity contribution in [1.29, 1.82) is 0 Å². The van der Waals surface area contributed by atoms with Gasteiger partial charge in [0.05, 0.1) is 12.2 Å². The van der Waals surface area contributed by atoms with Crippen molar-refractivity contribution >= 4 is 5.78 Å². The smallest absolute Gasteiger partial charge is 0.188 e. The number of carbonyl (C=O) groups is 1. The topological polar surface area (TPSA) is 35.5 Å². The van der Waals surface area contributed by atoms with Crippen LogP contribution in [0.1, 0.15) is 19.8 Å². The molecule has 0 N–H and O–H groups in total. The summed E-state index contributed by atoms with van der Waals surface area (Å²) in [7, 11) is 0. The molecule has 66 valence electrons. The summed E-state index contributed by atoms with van der Waals surface area (Å²) in [5, 5.41) is 0. The number of allylic oxidation sites excluding steroid dienone is 1. The van der Waals surface area contributed by atoms with Crippen LogP contribution in [0.15, 0.2) is 11.3 Å². The molecule has 3 heteroatoms. The van der Waals surface area contributed by atoms with Crippen LogP contribution in [0, 0.1) is 5.92 Å². The van der Waals surface area contributed by atoms with Gasteiger partial charge >= 0.3 is 0 Å². The summed E-state index contributed by atoms with van der Waals surface area (Å²) in [6, 6.07) is 0. The summed E-state index contributed by atoms with van der Waals surface area (Å²) in [6.45, 7) is 2.82. The van der Waals surface area contributed by atoms with E-state index in [-0.39, 0.29) is 5.78 Å². The van der Waals surface area contributed by atoms with Crippen LogP contribution in [0.25, 0.3) is 0 Å². The van der Waals surface area contributed by atoms with Crippen LogP contribution in [0.4, 0.5) is 0 Å². The molecule has 0 aromatic rings. The lowest BCUT2D eigenvalue weighted by Crippen LogP contribution is -2.26. The third kappa shape index (κ3) is 1.25. The van der Waals surface area contributed by atoms with E-state index in [4.69, 9.17) is 9.47 Å². The normalized spacial score (nSPS) is 29.8. The number of rotatable bonds is 0. The Morgan fingerprint density at radius 2 is 2.25 bits per heavy atom. The van der Waals surface area contributed by atoms with E-state index in [2.05, 4.69) is 6.92 Å². The number of hydrogen-bond donors (Lipinski definition) is 0. The van der Waals surface area contributed by atoms with Crippen molar-refractivity contribution in [2.45, 2.75) is 19.8 Å². The molecule has 0 aromatic carbocycles. The van der Waals surface area contributed by atoms with Crippen LogP contribution in [-0.2, 0) is 14.3 Å². The first-order chi connectivity index (χ1) is 5.77. The standard InChI is InChI=1S/C9H12O3/c1-6-2-8(10)7-4-11-5-12-9(7)3-6/h6H,2-5H2,1H3. The molecule has 0 saturated heterocycles. The predicted octanol–water partition coefficient (Wildman–Crippen LogP) is 1.24. The van der Waals surface area contributed by atoms with Crippen molar-refractivity contribution in [1.82, 2.24) is 0 Å². The maximum atomic E-state index is 11.4. The molecule has 0 saturated carbocycles. The number of ketones is 1. The minimum absolute atomic E-state index is 0.198. The van der Waals surface area contributed by atoms with Crippen LogP contribution in [0.2, 0.25) is 0 Å². The Morgan fingerprint density at radius 3 is 3.08 bits per heavy atom. The fourth-order valence-electron chi connectivity index (χ4n) is 1.67. The molecular weight excluding hydrogens is 156 g/mol. The Balaban J connectivity index is 2.26. The first kappa shape index (κ1) is 7.80. The molecule has 0 fully saturated rings. The minimum Gasteiger partial charge on any atom is -0.471 e.